The molecule has 140 valence electrons. The Hall–Kier alpha value is -2.71. The molecule has 1 aliphatic heterocycles. The van der Waals surface area contributed by atoms with Crippen LogP contribution >= 0.6 is 0 Å². The number of aryl methyl sites for hydroxylation is 1. The first kappa shape index (κ1) is 17.7. The van der Waals surface area contributed by atoms with E-state index in [9.17, 15) is 13.2 Å². The minimum Gasteiger partial charge on any atom is -0.325 e. The fourth-order valence-corrected chi connectivity index (χ4v) is 4.72. The molecule has 7 nitrogen and oxygen atoms in total. The molecule has 3 heterocycles. The molecule has 1 amide bonds. The number of carbonyl (C=O) groups excluding carboxylic acids is 1. The van der Waals surface area contributed by atoms with Crippen molar-refractivity contribution in [3.05, 3.63) is 54.4 Å². The lowest BCUT2D eigenvalue weighted by molar-refractivity contribution is -0.116. The van der Waals surface area contributed by atoms with Crippen molar-refractivity contribution in [3.8, 4) is 11.3 Å². The summed E-state index contributed by atoms with van der Waals surface area (Å²) in [7, 11) is -3.27. The Balaban J connectivity index is 1.47. The van der Waals surface area contributed by atoms with Crippen molar-refractivity contribution in [1.82, 2.24) is 13.7 Å². The van der Waals surface area contributed by atoms with Crippen molar-refractivity contribution in [3.63, 3.8) is 0 Å². The number of nitrogens with zero attached hydrogens (tertiary/aromatic N) is 3. The Morgan fingerprint density at radius 1 is 1.22 bits per heavy atom. The van der Waals surface area contributed by atoms with Crippen LogP contribution in [0.1, 0.15) is 12.0 Å². The zero-order valence-corrected chi connectivity index (χ0v) is 15.7. The van der Waals surface area contributed by atoms with Crippen LogP contribution in [0.4, 0.5) is 5.69 Å². The SMILES string of the molecule is Cc1cccn2cc(-c3ccc(NC(=O)CN4CCCS4(=O)=O)cc3)nc12. The van der Waals surface area contributed by atoms with Crippen molar-refractivity contribution in [1.29, 1.82) is 0 Å². The van der Waals surface area contributed by atoms with Gasteiger partial charge in [0, 0.05) is 30.2 Å². The van der Waals surface area contributed by atoms with Gasteiger partial charge >= 0.3 is 0 Å². The molecule has 0 atom stereocenters. The lowest BCUT2D eigenvalue weighted by atomic mass is 10.1. The number of aromatic nitrogens is 2. The van der Waals surface area contributed by atoms with Gasteiger partial charge in [-0.1, -0.05) is 18.2 Å². The summed E-state index contributed by atoms with van der Waals surface area (Å²) < 4.78 is 26.8. The summed E-state index contributed by atoms with van der Waals surface area (Å²) in [4.78, 5) is 16.8. The second-order valence-electron chi connectivity index (χ2n) is 6.68. The highest BCUT2D eigenvalue weighted by atomic mass is 32.2. The van der Waals surface area contributed by atoms with Gasteiger partial charge in [0.25, 0.3) is 0 Å². The molecule has 1 N–H and O–H groups in total. The molecule has 2 aromatic heterocycles. The highest BCUT2D eigenvalue weighted by molar-refractivity contribution is 7.89. The van der Waals surface area contributed by atoms with E-state index in [1.165, 1.54) is 4.31 Å². The molecular weight excluding hydrogens is 364 g/mol. The average Bonchev–Trinajstić information content (AvgIpc) is 3.20. The first-order valence-electron chi connectivity index (χ1n) is 8.75. The van der Waals surface area contributed by atoms with Crippen molar-refractivity contribution >= 4 is 27.3 Å². The molecule has 1 aromatic carbocycles. The summed E-state index contributed by atoms with van der Waals surface area (Å²) in [6, 6.07) is 11.4. The lowest BCUT2D eigenvalue weighted by Gasteiger charge is -2.14. The molecule has 8 heteroatoms. The van der Waals surface area contributed by atoms with Crippen LogP contribution in [-0.2, 0) is 14.8 Å². The molecule has 4 rings (SSSR count). The van der Waals surface area contributed by atoms with Crippen molar-refractivity contribution in [2.24, 2.45) is 0 Å². The summed E-state index contributed by atoms with van der Waals surface area (Å²) in [6.07, 6.45) is 4.50. The maximum Gasteiger partial charge on any atom is 0.239 e. The monoisotopic (exact) mass is 384 g/mol. The Kier molecular flexibility index (Phi) is 4.45. The zero-order chi connectivity index (χ0) is 19.0. The van der Waals surface area contributed by atoms with E-state index in [4.69, 9.17) is 0 Å². The van der Waals surface area contributed by atoms with E-state index in [0.717, 1.165) is 22.5 Å². The Morgan fingerprint density at radius 3 is 2.67 bits per heavy atom. The topological polar surface area (TPSA) is 83.8 Å². The summed E-state index contributed by atoms with van der Waals surface area (Å²) in [5, 5.41) is 2.75. The smallest absolute Gasteiger partial charge is 0.239 e. The molecule has 0 spiro atoms. The van der Waals surface area contributed by atoms with Gasteiger partial charge < -0.3 is 9.72 Å². The Bertz CT molecular complexity index is 1100. The molecule has 3 aromatic rings. The number of rotatable bonds is 4. The van der Waals surface area contributed by atoms with Gasteiger partial charge in [0.1, 0.15) is 5.65 Å². The van der Waals surface area contributed by atoms with Crippen LogP contribution in [0, 0.1) is 6.92 Å². The highest BCUT2D eigenvalue weighted by Gasteiger charge is 2.29. The van der Waals surface area contributed by atoms with Gasteiger partial charge in [-0.3, -0.25) is 4.79 Å². The number of pyridine rings is 1. The molecular formula is C19H20N4O3S. The third kappa shape index (κ3) is 3.58. The van der Waals surface area contributed by atoms with Crippen molar-refractivity contribution in [2.75, 3.05) is 24.2 Å². The molecule has 27 heavy (non-hydrogen) atoms. The molecule has 1 saturated heterocycles. The van der Waals surface area contributed by atoms with Crippen LogP contribution in [0.5, 0.6) is 0 Å². The number of hydrogen-bond acceptors (Lipinski definition) is 4. The van der Waals surface area contributed by atoms with Gasteiger partial charge in [-0.2, -0.15) is 4.31 Å². The maximum absolute atomic E-state index is 12.1. The fourth-order valence-electron chi connectivity index (χ4n) is 3.25. The van der Waals surface area contributed by atoms with E-state index in [0.29, 0.717) is 18.7 Å². The van der Waals surface area contributed by atoms with Crippen LogP contribution < -0.4 is 5.32 Å². The number of imidazole rings is 1. The van der Waals surface area contributed by atoms with Crippen LogP contribution in [0.3, 0.4) is 0 Å². The van der Waals surface area contributed by atoms with Gasteiger partial charge in [0.15, 0.2) is 0 Å². The van der Waals surface area contributed by atoms with Crippen LogP contribution in [0.15, 0.2) is 48.8 Å². The quantitative estimate of drug-likeness (QED) is 0.748. The van der Waals surface area contributed by atoms with Gasteiger partial charge in [-0.05, 0) is 37.1 Å². The molecule has 0 radical (unpaired) electrons. The maximum atomic E-state index is 12.1. The van der Waals surface area contributed by atoms with E-state index in [2.05, 4.69) is 10.3 Å². The second kappa shape index (κ2) is 6.79. The summed E-state index contributed by atoms with van der Waals surface area (Å²) >= 11 is 0. The van der Waals surface area contributed by atoms with Crippen LogP contribution in [-0.4, -0.2) is 46.9 Å². The number of anilines is 1. The Morgan fingerprint density at radius 2 is 2.00 bits per heavy atom. The van der Waals surface area contributed by atoms with Gasteiger partial charge in [0.05, 0.1) is 18.0 Å². The molecule has 0 unspecified atom stereocenters. The first-order chi connectivity index (χ1) is 12.9. The number of nitrogens with one attached hydrogen (secondary N) is 1. The fraction of sp³-hybridized carbons (Fsp3) is 0.263. The molecule has 0 bridgehead atoms. The number of sulfonamides is 1. The largest absolute Gasteiger partial charge is 0.325 e. The normalized spacial score (nSPS) is 16.6. The number of amides is 1. The predicted octanol–water partition coefficient (Wildman–Crippen LogP) is 2.28. The molecule has 1 aliphatic rings. The van der Waals surface area contributed by atoms with E-state index in [1.807, 2.05) is 48.0 Å². The third-order valence-electron chi connectivity index (χ3n) is 4.67. The molecule has 1 fully saturated rings. The standard InChI is InChI=1S/C19H20N4O3S/c1-14-4-2-9-22-12-17(21-19(14)22)15-5-7-16(8-6-15)20-18(24)13-23-10-3-11-27(23,25)26/h2,4-9,12H,3,10-11,13H2,1H3,(H,20,24). The molecule has 0 saturated carbocycles. The lowest BCUT2D eigenvalue weighted by Crippen LogP contribution is -2.34. The number of benzene rings is 1. The van der Waals surface area contributed by atoms with Crippen molar-refractivity contribution in [2.45, 2.75) is 13.3 Å². The van der Waals surface area contributed by atoms with E-state index in [-0.39, 0.29) is 18.2 Å². The summed E-state index contributed by atoms with van der Waals surface area (Å²) in [5.74, 6) is -0.218. The minimum atomic E-state index is -3.27. The van der Waals surface area contributed by atoms with E-state index in [1.54, 1.807) is 12.1 Å². The molecule has 0 aliphatic carbocycles. The van der Waals surface area contributed by atoms with Gasteiger partial charge in [-0.15, -0.1) is 0 Å². The van der Waals surface area contributed by atoms with Crippen LogP contribution in [0.2, 0.25) is 0 Å². The number of hydrogen-bond donors (Lipinski definition) is 1. The predicted molar refractivity (Wildman–Crippen MR) is 104 cm³/mol. The summed E-state index contributed by atoms with van der Waals surface area (Å²) in [5.41, 5.74) is 4.44. The van der Waals surface area contributed by atoms with E-state index < -0.39 is 10.0 Å². The summed E-state index contributed by atoms with van der Waals surface area (Å²) in [6.45, 7) is 2.28. The number of carbonyl (C=O) groups is 1. The average molecular weight is 384 g/mol. The Labute approximate surface area is 157 Å². The van der Waals surface area contributed by atoms with Crippen molar-refractivity contribution < 1.29 is 13.2 Å². The second-order valence-corrected chi connectivity index (χ2v) is 8.77. The van der Waals surface area contributed by atoms with Crippen LogP contribution in [0.25, 0.3) is 16.9 Å². The minimum absolute atomic E-state index is 0.119. The zero-order valence-electron chi connectivity index (χ0n) is 14.9. The third-order valence-corrected chi connectivity index (χ3v) is 6.57. The number of fused-ring (bicyclic) bond motifs is 1. The van der Waals surface area contributed by atoms with Gasteiger partial charge in [-0.25, -0.2) is 13.4 Å². The van der Waals surface area contributed by atoms with Gasteiger partial charge in [0.2, 0.25) is 15.9 Å². The first-order valence-corrected chi connectivity index (χ1v) is 10.4. The van der Waals surface area contributed by atoms with E-state index >= 15 is 0 Å². The highest BCUT2D eigenvalue weighted by Crippen LogP contribution is 2.22.